The first-order valence-electron chi connectivity index (χ1n) is 4.48. The van der Waals surface area contributed by atoms with Crippen LogP contribution in [0.15, 0.2) is 24.3 Å². The van der Waals surface area contributed by atoms with Crippen molar-refractivity contribution < 1.29 is 4.74 Å². The van der Waals surface area contributed by atoms with Gasteiger partial charge in [-0.3, -0.25) is 0 Å². The third-order valence-corrected chi connectivity index (χ3v) is 3.04. The van der Waals surface area contributed by atoms with E-state index < -0.39 is 0 Å². The summed E-state index contributed by atoms with van der Waals surface area (Å²) >= 11 is 2.30. The summed E-state index contributed by atoms with van der Waals surface area (Å²) in [7, 11) is 0. The molecule has 1 N–H and O–H groups in total. The molecule has 1 atom stereocenters. The Bertz CT molecular complexity index is 284. The Hall–Kier alpha value is -0.290. The standard InChI is InChI=1S/C10H12INO/c11-9-3-1-2-4-10(9)13-8-5-6-12-7-8/h1-4,8,12H,5-7H2/t8-/m0/s1. The Labute approximate surface area is 91.8 Å². The fraction of sp³-hybridized carbons (Fsp3) is 0.400. The fourth-order valence-electron chi connectivity index (χ4n) is 1.45. The summed E-state index contributed by atoms with van der Waals surface area (Å²) in [6, 6.07) is 8.14. The first-order chi connectivity index (χ1) is 6.36. The molecule has 0 aromatic heterocycles. The van der Waals surface area contributed by atoms with Gasteiger partial charge < -0.3 is 10.1 Å². The van der Waals surface area contributed by atoms with Crippen LogP contribution in [0.3, 0.4) is 0 Å². The highest BCUT2D eigenvalue weighted by Crippen LogP contribution is 2.22. The van der Waals surface area contributed by atoms with E-state index in [2.05, 4.69) is 34.0 Å². The number of para-hydroxylation sites is 1. The molecule has 1 aromatic rings. The molecule has 0 amide bonds. The Morgan fingerprint density at radius 1 is 1.38 bits per heavy atom. The zero-order valence-electron chi connectivity index (χ0n) is 7.29. The van der Waals surface area contributed by atoms with E-state index in [-0.39, 0.29) is 0 Å². The smallest absolute Gasteiger partial charge is 0.133 e. The van der Waals surface area contributed by atoms with E-state index in [1.807, 2.05) is 18.2 Å². The van der Waals surface area contributed by atoms with Crippen molar-refractivity contribution in [2.24, 2.45) is 0 Å². The van der Waals surface area contributed by atoms with Crippen molar-refractivity contribution >= 4 is 22.6 Å². The Kier molecular flexibility index (Phi) is 3.05. The quantitative estimate of drug-likeness (QED) is 0.841. The third kappa shape index (κ3) is 2.34. The summed E-state index contributed by atoms with van der Waals surface area (Å²) in [6.45, 7) is 2.05. The van der Waals surface area contributed by atoms with Crippen LogP contribution in [0, 0.1) is 3.57 Å². The number of benzene rings is 1. The predicted molar refractivity (Wildman–Crippen MR) is 61.1 cm³/mol. The molecule has 2 rings (SSSR count). The molecule has 3 heteroatoms. The van der Waals surface area contributed by atoms with Crippen LogP contribution in [0.2, 0.25) is 0 Å². The van der Waals surface area contributed by atoms with E-state index in [4.69, 9.17) is 4.74 Å². The molecule has 1 saturated heterocycles. The van der Waals surface area contributed by atoms with Crippen LogP contribution in [0.1, 0.15) is 6.42 Å². The van der Waals surface area contributed by atoms with E-state index in [9.17, 15) is 0 Å². The molecule has 0 radical (unpaired) electrons. The Morgan fingerprint density at radius 3 is 2.92 bits per heavy atom. The van der Waals surface area contributed by atoms with Gasteiger partial charge in [0, 0.05) is 6.54 Å². The minimum Gasteiger partial charge on any atom is -0.488 e. The lowest BCUT2D eigenvalue weighted by molar-refractivity contribution is 0.221. The van der Waals surface area contributed by atoms with E-state index in [1.165, 1.54) is 3.57 Å². The van der Waals surface area contributed by atoms with E-state index in [0.29, 0.717) is 6.10 Å². The van der Waals surface area contributed by atoms with Crippen LogP contribution in [0.5, 0.6) is 5.75 Å². The Morgan fingerprint density at radius 2 is 2.23 bits per heavy atom. The number of halogens is 1. The number of ether oxygens (including phenoxy) is 1. The maximum Gasteiger partial charge on any atom is 0.133 e. The second-order valence-corrected chi connectivity index (χ2v) is 4.33. The van der Waals surface area contributed by atoms with Crippen LogP contribution in [-0.2, 0) is 0 Å². The van der Waals surface area contributed by atoms with Crippen molar-refractivity contribution in [2.75, 3.05) is 13.1 Å². The van der Waals surface area contributed by atoms with Crippen molar-refractivity contribution in [3.05, 3.63) is 27.8 Å². The van der Waals surface area contributed by atoms with Gasteiger partial charge in [0.2, 0.25) is 0 Å². The average molecular weight is 289 g/mol. The summed E-state index contributed by atoms with van der Waals surface area (Å²) < 4.78 is 7.02. The highest BCUT2D eigenvalue weighted by atomic mass is 127. The van der Waals surface area contributed by atoms with Crippen molar-refractivity contribution in [3.8, 4) is 5.75 Å². The maximum atomic E-state index is 5.84. The summed E-state index contributed by atoms with van der Waals surface area (Å²) in [5, 5.41) is 3.28. The van der Waals surface area contributed by atoms with Gasteiger partial charge in [-0.15, -0.1) is 0 Å². The first kappa shape index (κ1) is 9.27. The normalized spacial score (nSPS) is 21.8. The van der Waals surface area contributed by atoms with Crippen molar-refractivity contribution in [1.29, 1.82) is 0 Å². The second-order valence-electron chi connectivity index (χ2n) is 3.16. The van der Waals surface area contributed by atoms with Crippen LogP contribution in [0.4, 0.5) is 0 Å². The largest absolute Gasteiger partial charge is 0.488 e. The summed E-state index contributed by atoms with van der Waals surface area (Å²) in [6.07, 6.45) is 1.47. The Balaban J connectivity index is 2.04. The van der Waals surface area contributed by atoms with E-state index in [1.54, 1.807) is 0 Å². The number of hydrogen-bond acceptors (Lipinski definition) is 2. The number of rotatable bonds is 2. The molecule has 2 nitrogen and oxygen atoms in total. The van der Waals surface area contributed by atoms with Crippen LogP contribution >= 0.6 is 22.6 Å². The minimum atomic E-state index is 0.357. The van der Waals surface area contributed by atoms with Gasteiger partial charge in [0.15, 0.2) is 0 Å². The molecule has 0 saturated carbocycles. The van der Waals surface area contributed by atoms with Crippen molar-refractivity contribution in [3.63, 3.8) is 0 Å². The minimum absolute atomic E-state index is 0.357. The molecule has 70 valence electrons. The molecular weight excluding hydrogens is 277 g/mol. The predicted octanol–water partition coefficient (Wildman–Crippen LogP) is 2.03. The molecule has 1 aliphatic rings. The molecule has 0 spiro atoms. The number of hydrogen-bond donors (Lipinski definition) is 1. The van der Waals surface area contributed by atoms with E-state index >= 15 is 0 Å². The van der Waals surface area contributed by atoms with Gasteiger partial charge in [-0.2, -0.15) is 0 Å². The highest BCUT2D eigenvalue weighted by Gasteiger charge is 2.16. The average Bonchev–Trinajstić information content (AvgIpc) is 2.61. The lowest BCUT2D eigenvalue weighted by atomic mass is 10.3. The molecule has 1 aliphatic heterocycles. The monoisotopic (exact) mass is 289 g/mol. The van der Waals surface area contributed by atoms with Crippen molar-refractivity contribution in [2.45, 2.75) is 12.5 Å². The van der Waals surface area contributed by atoms with Gasteiger partial charge in [0.05, 0.1) is 3.57 Å². The lowest BCUT2D eigenvalue weighted by Gasteiger charge is -2.13. The van der Waals surface area contributed by atoms with Gasteiger partial charge in [-0.05, 0) is 47.7 Å². The molecule has 1 aromatic carbocycles. The van der Waals surface area contributed by atoms with Gasteiger partial charge in [0.25, 0.3) is 0 Å². The van der Waals surface area contributed by atoms with E-state index in [0.717, 1.165) is 25.3 Å². The maximum absolute atomic E-state index is 5.84. The molecule has 0 bridgehead atoms. The molecule has 1 fully saturated rings. The molecule has 1 heterocycles. The van der Waals surface area contributed by atoms with Gasteiger partial charge >= 0.3 is 0 Å². The SMILES string of the molecule is Ic1ccccc1O[C@H]1CCNC1. The lowest BCUT2D eigenvalue weighted by Crippen LogP contribution is -2.19. The topological polar surface area (TPSA) is 21.3 Å². The molecule has 13 heavy (non-hydrogen) atoms. The summed E-state index contributed by atoms with van der Waals surface area (Å²) in [5.41, 5.74) is 0. The summed E-state index contributed by atoms with van der Waals surface area (Å²) in [4.78, 5) is 0. The van der Waals surface area contributed by atoms with Crippen LogP contribution < -0.4 is 10.1 Å². The van der Waals surface area contributed by atoms with Crippen molar-refractivity contribution in [1.82, 2.24) is 5.32 Å². The second kappa shape index (κ2) is 4.28. The first-order valence-corrected chi connectivity index (χ1v) is 5.56. The zero-order valence-corrected chi connectivity index (χ0v) is 9.45. The fourth-order valence-corrected chi connectivity index (χ4v) is 1.96. The van der Waals surface area contributed by atoms with Gasteiger partial charge in [-0.1, -0.05) is 12.1 Å². The van der Waals surface area contributed by atoms with Gasteiger partial charge in [-0.25, -0.2) is 0 Å². The molecule has 0 aliphatic carbocycles. The zero-order chi connectivity index (χ0) is 9.10. The summed E-state index contributed by atoms with van der Waals surface area (Å²) in [5.74, 6) is 1.01. The third-order valence-electron chi connectivity index (χ3n) is 2.15. The van der Waals surface area contributed by atoms with Crippen LogP contribution in [0.25, 0.3) is 0 Å². The highest BCUT2D eigenvalue weighted by molar-refractivity contribution is 14.1. The molecule has 0 unspecified atom stereocenters. The number of nitrogens with one attached hydrogen (secondary N) is 1. The molecular formula is C10H12INO. The van der Waals surface area contributed by atoms with Gasteiger partial charge in [0.1, 0.15) is 11.9 Å². The van der Waals surface area contributed by atoms with Crippen LogP contribution in [-0.4, -0.2) is 19.2 Å².